The Morgan fingerprint density at radius 2 is 1.88 bits per heavy atom. The lowest BCUT2D eigenvalue weighted by molar-refractivity contribution is -0.145. The van der Waals surface area contributed by atoms with Gasteiger partial charge in [0.25, 0.3) is 0 Å². The largest absolute Gasteiger partial charge is 0.481 e. The Morgan fingerprint density at radius 1 is 1.29 bits per heavy atom. The van der Waals surface area contributed by atoms with Crippen LogP contribution < -0.4 is 5.73 Å². The van der Waals surface area contributed by atoms with Gasteiger partial charge >= 0.3 is 5.97 Å². The predicted octanol–water partition coefficient (Wildman–Crippen LogP) is 0.971. The van der Waals surface area contributed by atoms with Crippen LogP contribution in [-0.2, 0) is 9.59 Å². The average Bonchev–Trinajstić information content (AvgIpc) is 2.28. The molecule has 0 heterocycles. The van der Waals surface area contributed by atoms with E-state index in [0.717, 1.165) is 32.1 Å². The molecule has 0 bridgehead atoms. The number of aliphatic carboxylic acids is 1. The van der Waals surface area contributed by atoms with E-state index in [2.05, 4.69) is 0 Å². The van der Waals surface area contributed by atoms with Crippen molar-refractivity contribution < 1.29 is 14.7 Å². The van der Waals surface area contributed by atoms with Crippen molar-refractivity contribution in [3.63, 3.8) is 0 Å². The fraction of sp³-hybridized carbons (Fsp3) is 0.833. The number of nitrogens with zero attached hydrogens (tertiary/aromatic N) is 1. The van der Waals surface area contributed by atoms with E-state index in [-0.39, 0.29) is 18.7 Å². The van der Waals surface area contributed by atoms with Crippen LogP contribution in [0, 0.1) is 0 Å². The summed E-state index contributed by atoms with van der Waals surface area (Å²) in [6, 6.07) is 0. The summed E-state index contributed by atoms with van der Waals surface area (Å²) in [7, 11) is 1.71. The van der Waals surface area contributed by atoms with Crippen LogP contribution in [0.15, 0.2) is 0 Å². The monoisotopic (exact) mass is 242 g/mol. The molecule has 1 aliphatic carbocycles. The zero-order chi connectivity index (χ0) is 12.9. The van der Waals surface area contributed by atoms with Gasteiger partial charge in [-0.2, -0.15) is 0 Å². The zero-order valence-corrected chi connectivity index (χ0v) is 10.4. The minimum absolute atomic E-state index is 0.0415. The Labute approximate surface area is 102 Å². The molecule has 17 heavy (non-hydrogen) atoms. The standard InChI is InChI=1S/C12H22N2O3/c1-14(10(15)5-8-13)12(9-11(16)17)6-3-2-4-7-12/h2-9,13H2,1H3,(H,16,17). The van der Waals surface area contributed by atoms with Gasteiger partial charge in [0.05, 0.1) is 12.0 Å². The second-order valence-corrected chi connectivity index (χ2v) is 4.85. The number of hydrogen-bond donors (Lipinski definition) is 2. The first-order chi connectivity index (χ1) is 8.02. The van der Waals surface area contributed by atoms with Crippen molar-refractivity contribution in [2.45, 2.75) is 50.5 Å². The molecule has 98 valence electrons. The van der Waals surface area contributed by atoms with Gasteiger partial charge in [-0.15, -0.1) is 0 Å². The minimum Gasteiger partial charge on any atom is -0.481 e. The molecule has 1 rings (SSSR count). The van der Waals surface area contributed by atoms with Gasteiger partial charge in [-0.05, 0) is 12.8 Å². The number of amides is 1. The van der Waals surface area contributed by atoms with E-state index in [0.29, 0.717) is 6.54 Å². The Hall–Kier alpha value is -1.10. The molecule has 0 spiro atoms. The van der Waals surface area contributed by atoms with E-state index in [9.17, 15) is 9.59 Å². The molecule has 1 saturated carbocycles. The molecule has 1 amide bonds. The lowest BCUT2D eigenvalue weighted by Gasteiger charge is -2.44. The van der Waals surface area contributed by atoms with Gasteiger partial charge in [0.15, 0.2) is 0 Å². The predicted molar refractivity (Wildman–Crippen MR) is 64.5 cm³/mol. The smallest absolute Gasteiger partial charge is 0.305 e. The summed E-state index contributed by atoms with van der Waals surface area (Å²) < 4.78 is 0. The highest BCUT2D eigenvalue weighted by Crippen LogP contribution is 2.36. The van der Waals surface area contributed by atoms with E-state index in [1.54, 1.807) is 11.9 Å². The maximum Gasteiger partial charge on any atom is 0.305 e. The average molecular weight is 242 g/mol. The summed E-state index contributed by atoms with van der Waals surface area (Å²) in [6.07, 6.45) is 5.01. The third kappa shape index (κ3) is 3.43. The van der Waals surface area contributed by atoms with Crippen LogP contribution in [0.2, 0.25) is 0 Å². The second kappa shape index (κ2) is 6.00. The molecule has 3 N–H and O–H groups in total. The number of hydrogen-bond acceptors (Lipinski definition) is 3. The van der Waals surface area contributed by atoms with Crippen molar-refractivity contribution in [2.75, 3.05) is 13.6 Å². The van der Waals surface area contributed by atoms with Gasteiger partial charge < -0.3 is 15.7 Å². The first-order valence-corrected chi connectivity index (χ1v) is 6.20. The van der Waals surface area contributed by atoms with E-state index in [4.69, 9.17) is 10.8 Å². The number of carboxylic acids is 1. The van der Waals surface area contributed by atoms with Crippen LogP contribution in [0.5, 0.6) is 0 Å². The highest BCUT2D eigenvalue weighted by atomic mass is 16.4. The van der Waals surface area contributed by atoms with Gasteiger partial charge in [0.2, 0.25) is 5.91 Å². The van der Waals surface area contributed by atoms with Crippen molar-refractivity contribution in [3.8, 4) is 0 Å². The SMILES string of the molecule is CN(C(=O)CCN)C1(CC(=O)O)CCCCC1. The van der Waals surface area contributed by atoms with E-state index in [1.807, 2.05) is 0 Å². The zero-order valence-electron chi connectivity index (χ0n) is 10.4. The summed E-state index contributed by atoms with van der Waals surface area (Å²) in [6.45, 7) is 0.312. The fourth-order valence-electron chi connectivity index (χ4n) is 2.68. The summed E-state index contributed by atoms with van der Waals surface area (Å²) in [5.74, 6) is -0.880. The summed E-state index contributed by atoms with van der Waals surface area (Å²) in [5.41, 5.74) is 4.89. The fourth-order valence-corrected chi connectivity index (χ4v) is 2.68. The number of nitrogens with two attached hydrogens (primary N) is 1. The van der Waals surface area contributed by atoms with Crippen molar-refractivity contribution >= 4 is 11.9 Å². The minimum atomic E-state index is -0.834. The third-order valence-electron chi connectivity index (χ3n) is 3.71. The molecule has 0 aliphatic heterocycles. The lowest BCUT2D eigenvalue weighted by Crippen LogP contribution is -2.52. The maximum absolute atomic E-state index is 11.9. The Kier molecular flexibility index (Phi) is 4.93. The summed E-state index contributed by atoms with van der Waals surface area (Å²) >= 11 is 0. The Morgan fingerprint density at radius 3 is 2.35 bits per heavy atom. The van der Waals surface area contributed by atoms with Crippen LogP contribution in [0.25, 0.3) is 0 Å². The van der Waals surface area contributed by atoms with Crippen LogP contribution >= 0.6 is 0 Å². The highest BCUT2D eigenvalue weighted by Gasteiger charge is 2.39. The van der Waals surface area contributed by atoms with Gasteiger partial charge in [0.1, 0.15) is 0 Å². The molecule has 5 nitrogen and oxygen atoms in total. The molecular weight excluding hydrogens is 220 g/mol. The number of carboxylic acid groups (broad SMARTS) is 1. The number of carbonyl (C=O) groups is 2. The normalized spacial score (nSPS) is 18.7. The summed E-state index contributed by atoms with van der Waals surface area (Å²) in [5, 5.41) is 9.03. The number of rotatable bonds is 5. The molecule has 0 unspecified atom stereocenters. The maximum atomic E-state index is 11.9. The van der Waals surface area contributed by atoms with E-state index < -0.39 is 11.5 Å². The molecule has 0 saturated heterocycles. The quantitative estimate of drug-likeness (QED) is 0.752. The Balaban J connectivity index is 2.80. The van der Waals surface area contributed by atoms with Crippen molar-refractivity contribution in [1.82, 2.24) is 4.90 Å². The van der Waals surface area contributed by atoms with Crippen molar-refractivity contribution in [3.05, 3.63) is 0 Å². The molecule has 5 heteroatoms. The van der Waals surface area contributed by atoms with Crippen LogP contribution in [-0.4, -0.2) is 41.0 Å². The van der Waals surface area contributed by atoms with Crippen molar-refractivity contribution in [2.24, 2.45) is 5.73 Å². The molecular formula is C12H22N2O3. The molecule has 0 aromatic rings. The first kappa shape index (κ1) is 14.0. The highest BCUT2D eigenvalue weighted by molar-refractivity contribution is 5.78. The first-order valence-electron chi connectivity index (χ1n) is 6.20. The van der Waals surface area contributed by atoms with Crippen LogP contribution in [0.1, 0.15) is 44.9 Å². The molecule has 0 aromatic carbocycles. The van der Waals surface area contributed by atoms with E-state index >= 15 is 0 Å². The molecule has 0 radical (unpaired) electrons. The molecule has 1 fully saturated rings. The van der Waals surface area contributed by atoms with Gasteiger partial charge in [-0.1, -0.05) is 19.3 Å². The third-order valence-corrected chi connectivity index (χ3v) is 3.71. The lowest BCUT2D eigenvalue weighted by atomic mass is 9.78. The Bertz CT molecular complexity index is 285. The van der Waals surface area contributed by atoms with Gasteiger partial charge in [-0.25, -0.2) is 0 Å². The van der Waals surface area contributed by atoms with Crippen LogP contribution in [0.3, 0.4) is 0 Å². The number of carbonyl (C=O) groups excluding carboxylic acids is 1. The summed E-state index contributed by atoms with van der Waals surface area (Å²) in [4.78, 5) is 24.5. The van der Waals surface area contributed by atoms with Gasteiger partial charge in [0, 0.05) is 20.0 Å². The van der Waals surface area contributed by atoms with Gasteiger partial charge in [-0.3, -0.25) is 9.59 Å². The molecule has 1 aliphatic rings. The molecule has 0 aromatic heterocycles. The second-order valence-electron chi connectivity index (χ2n) is 4.85. The molecule has 0 atom stereocenters. The topological polar surface area (TPSA) is 83.6 Å². The van der Waals surface area contributed by atoms with Crippen LogP contribution in [0.4, 0.5) is 0 Å². The van der Waals surface area contributed by atoms with Crippen molar-refractivity contribution in [1.29, 1.82) is 0 Å². The van der Waals surface area contributed by atoms with E-state index in [1.165, 1.54) is 0 Å².